The molecule has 0 aromatic carbocycles. The minimum absolute atomic E-state index is 0.132. The Hall–Kier alpha value is -1.22. The van der Waals surface area contributed by atoms with Crippen molar-refractivity contribution in [1.29, 1.82) is 0 Å². The third-order valence-electron chi connectivity index (χ3n) is 0.859. The summed E-state index contributed by atoms with van der Waals surface area (Å²) in [6.45, 7) is -0.264. The van der Waals surface area contributed by atoms with Crippen LogP contribution in [0.3, 0.4) is 0 Å². The van der Waals surface area contributed by atoms with E-state index in [1.807, 2.05) is 0 Å². The first-order valence-electron chi connectivity index (χ1n) is 3.13. The molecule has 8 heteroatoms. The summed E-state index contributed by atoms with van der Waals surface area (Å²) in [7, 11) is 0. The molecule has 0 saturated heterocycles. The number of carbonyl (C=O) groups is 2. The average Bonchev–Trinajstić information content (AvgIpc) is 2.08. The van der Waals surface area contributed by atoms with Crippen LogP contribution in [0.25, 0.3) is 0 Å². The van der Waals surface area contributed by atoms with Gasteiger partial charge in [-0.15, -0.1) is 0 Å². The zero-order valence-corrected chi connectivity index (χ0v) is 6.67. The predicted octanol–water partition coefficient (Wildman–Crippen LogP) is -3.04. The Labute approximate surface area is 73.6 Å². The Morgan fingerprint density at radius 1 is 1.15 bits per heavy atom. The number of carboxylic acids is 2. The number of hydrogen-bond donors (Lipinski definition) is 6. The van der Waals surface area contributed by atoms with Gasteiger partial charge in [0.05, 0.1) is 19.3 Å². The molecule has 0 spiro atoms. The monoisotopic (exact) mass is 196 g/mol. The van der Waals surface area contributed by atoms with Crippen LogP contribution in [0.4, 0.5) is 0 Å². The van der Waals surface area contributed by atoms with Crippen molar-refractivity contribution in [3.05, 3.63) is 0 Å². The second kappa shape index (κ2) is 8.87. The molecule has 0 rings (SSSR count). The van der Waals surface area contributed by atoms with Gasteiger partial charge in [0.2, 0.25) is 0 Å². The zero-order valence-electron chi connectivity index (χ0n) is 6.67. The summed E-state index contributed by atoms with van der Waals surface area (Å²) in [5.74, 6) is 1.18. The number of hydrogen-bond acceptors (Lipinski definition) is 6. The van der Waals surface area contributed by atoms with Crippen LogP contribution in [0.1, 0.15) is 0 Å². The maximum absolute atomic E-state index is 9.10. The summed E-state index contributed by atoms with van der Waals surface area (Å²) in [5.41, 5.74) is 2.20. The molecule has 0 aromatic rings. The van der Waals surface area contributed by atoms with E-state index >= 15 is 0 Å². The molecule has 0 saturated carbocycles. The topological polar surface area (TPSA) is 153 Å². The van der Waals surface area contributed by atoms with Crippen LogP contribution in [0.5, 0.6) is 0 Å². The lowest BCUT2D eigenvalue weighted by atomic mass is 10.4. The van der Waals surface area contributed by atoms with Crippen LogP contribution < -0.4 is 11.3 Å². The number of aliphatic hydroxyl groups excluding tert-OH is 2. The average molecular weight is 196 g/mol. The Morgan fingerprint density at radius 2 is 1.46 bits per heavy atom. The lowest BCUT2D eigenvalue weighted by Crippen LogP contribution is -2.40. The molecule has 13 heavy (non-hydrogen) atoms. The number of nitrogens with one attached hydrogen (secondary N) is 1. The summed E-state index contributed by atoms with van der Waals surface area (Å²) in [6, 6.07) is -0.375. The second-order valence-electron chi connectivity index (χ2n) is 1.84. The molecule has 0 atom stereocenters. The van der Waals surface area contributed by atoms with Crippen LogP contribution in [-0.4, -0.2) is 51.6 Å². The van der Waals surface area contributed by atoms with Crippen molar-refractivity contribution in [3.8, 4) is 0 Å². The van der Waals surface area contributed by atoms with Crippen LogP contribution in [-0.2, 0) is 9.59 Å². The number of rotatable bonds is 3. The van der Waals surface area contributed by atoms with E-state index in [1.54, 1.807) is 0 Å². The maximum Gasteiger partial charge on any atom is 0.414 e. The minimum atomic E-state index is -1.82. The van der Waals surface area contributed by atoms with E-state index < -0.39 is 11.9 Å². The molecule has 0 amide bonds. The maximum atomic E-state index is 9.10. The highest BCUT2D eigenvalue weighted by Crippen LogP contribution is 1.71. The minimum Gasteiger partial charge on any atom is -0.473 e. The zero-order chi connectivity index (χ0) is 10.9. The fourth-order valence-corrected chi connectivity index (χ4v) is 0.163. The number of carboxylic acid groups (broad SMARTS) is 2. The third kappa shape index (κ3) is 10.8. The van der Waals surface area contributed by atoms with Crippen molar-refractivity contribution in [2.45, 2.75) is 6.04 Å². The van der Waals surface area contributed by atoms with Gasteiger partial charge in [0, 0.05) is 0 Å². The van der Waals surface area contributed by atoms with E-state index in [1.165, 1.54) is 0 Å². The number of hydrazine groups is 1. The van der Waals surface area contributed by atoms with Gasteiger partial charge in [-0.1, -0.05) is 0 Å². The highest BCUT2D eigenvalue weighted by atomic mass is 16.4. The van der Waals surface area contributed by atoms with Crippen molar-refractivity contribution >= 4 is 11.9 Å². The quantitative estimate of drug-likeness (QED) is 0.158. The van der Waals surface area contributed by atoms with E-state index in [2.05, 4.69) is 5.43 Å². The SMILES string of the molecule is NNC(CO)CO.O=C(O)C(=O)O. The van der Waals surface area contributed by atoms with E-state index in [0.29, 0.717) is 0 Å². The second-order valence-corrected chi connectivity index (χ2v) is 1.84. The predicted molar refractivity (Wildman–Crippen MR) is 40.6 cm³/mol. The molecular weight excluding hydrogens is 184 g/mol. The van der Waals surface area contributed by atoms with Gasteiger partial charge >= 0.3 is 11.9 Å². The van der Waals surface area contributed by atoms with Crippen molar-refractivity contribution in [2.75, 3.05) is 13.2 Å². The van der Waals surface area contributed by atoms with Crippen LogP contribution in [0.15, 0.2) is 0 Å². The Bertz CT molecular complexity index is 140. The molecule has 0 aromatic heterocycles. The van der Waals surface area contributed by atoms with E-state index in [0.717, 1.165) is 0 Å². The van der Waals surface area contributed by atoms with Crippen LogP contribution >= 0.6 is 0 Å². The van der Waals surface area contributed by atoms with Crippen molar-refractivity contribution in [2.24, 2.45) is 5.84 Å². The van der Waals surface area contributed by atoms with Crippen molar-refractivity contribution in [3.63, 3.8) is 0 Å². The molecule has 0 aliphatic carbocycles. The first-order chi connectivity index (χ1) is 5.99. The fourth-order valence-electron chi connectivity index (χ4n) is 0.163. The molecule has 78 valence electrons. The number of aliphatic hydroxyl groups is 2. The summed E-state index contributed by atoms with van der Waals surface area (Å²) in [5, 5.41) is 31.2. The van der Waals surface area contributed by atoms with E-state index in [4.69, 9.17) is 35.9 Å². The molecule has 0 aliphatic heterocycles. The Kier molecular flexibility index (Phi) is 9.77. The summed E-state index contributed by atoms with van der Waals surface area (Å²) >= 11 is 0. The van der Waals surface area contributed by atoms with E-state index in [-0.39, 0.29) is 19.3 Å². The number of aliphatic carboxylic acids is 2. The molecule has 0 radical (unpaired) electrons. The summed E-state index contributed by atoms with van der Waals surface area (Å²) < 4.78 is 0. The highest BCUT2D eigenvalue weighted by molar-refractivity contribution is 6.27. The molecule has 0 unspecified atom stereocenters. The smallest absolute Gasteiger partial charge is 0.414 e. The third-order valence-corrected chi connectivity index (χ3v) is 0.859. The van der Waals surface area contributed by atoms with E-state index in [9.17, 15) is 0 Å². The van der Waals surface area contributed by atoms with Gasteiger partial charge in [0.1, 0.15) is 0 Å². The Balaban J connectivity index is 0. The molecule has 0 fully saturated rings. The number of nitrogens with two attached hydrogens (primary N) is 1. The molecule has 0 aliphatic rings. The highest BCUT2D eigenvalue weighted by Gasteiger charge is 2.04. The lowest BCUT2D eigenvalue weighted by Gasteiger charge is -2.06. The first-order valence-corrected chi connectivity index (χ1v) is 3.13. The van der Waals surface area contributed by atoms with Gasteiger partial charge in [-0.05, 0) is 0 Å². The fraction of sp³-hybridized carbons (Fsp3) is 0.600. The first kappa shape index (κ1) is 14.3. The van der Waals surface area contributed by atoms with Gasteiger partial charge in [-0.25, -0.2) is 9.59 Å². The summed E-state index contributed by atoms with van der Waals surface area (Å²) in [4.78, 5) is 18.2. The largest absolute Gasteiger partial charge is 0.473 e. The van der Waals surface area contributed by atoms with Crippen molar-refractivity contribution in [1.82, 2.24) is 5.43 Å². The normalized spacial score (nSPS) is 8.92. The van der Waals surface area contributed by atoms with Gasteiger partial charge in [-0.3, -0.25) is 11.3 Å². The molecule has 7 N–H and O–H groups in total. The summed E-state index contributed by atoms with van der Waals surface area (Å²) in [6.07, 6.45) is 0. The molecular formula is C5H12N2O6. The molecule has 0 bridgehead atoms. The van der Waals surface area contributed by atoms with Crippen molar-refractivity contribution < 1.29 is 30.0 Å². The van der Waals surface area contributed by atoms with Gasteiger partial charge in [-0.2, -0.15) is 0 Å². The van der Waals surface area contributed by atoms with Gasteiger partial charge < -0.3 is 20.4 Å². The van der Waals surface area contributed by atoms with Gasteiger partial charge in [0.25, 0.3) is 0 Å². The van der Waals surface area contributed by atoms with Crippen LogP contribution in [0.2, 0.25) is 0 Å². The molecule has 0 heterocycles. The molecule has 8 nitrogen and oxygen atoms in total. The van der Waals surface area contributed by atoms with Gasteiger partial charge in [0.15, 0.2) is 0 Å². The van der Waals surface area contributed by atoms with Crippen LogP contribution in [0, 0.1) is 0 Å². The Morgan fingerprint density at radius 3 is 1.46 bits per heavy atom. The lowest BCUT2D eigenvalue weighted by molar-refractivity contribution is -0.159. The standard InChI is InChI=1S/C3H10N2O2.C2H2O4/c4-5-3(1-6)2-7;3-1(4)2(5)6/h3,5-7H,1-2,4H2;(H,3,4)(H,5,6).